The number of carbonyl (C=O) groups excluding carboxylic acids is 1. The zero-order chi connectivity index (χ0) is 21.6. The molecule has 0 spiro atoms. The van der Waals surface area contributed by atoms with Crippen molar-refractivity contribution in [3.8, 4) is 0 Å². The minimum atomic E-state index is -0.629. The lowest BCUT2D eigenvalue weighted by atomic mass is 9.79. The molecular weight excluding hydrogens is 398 g/mol. The quantitative estimate of drug-likeness (QED) is 0.678. The van der Waals surface area contributed by atoms with E-state index >= 15 is 0 Å². The fraction of sp³-hybridized carbons (Fsp3) is 0.500. The lowest BCUT2D eigenvalue weighted by Crippen LogP contribution is -2.55. The summed E-state index contributed by atoms with van der Waals surface area (Å²) in [4.78, 5) is 18.9. The fourth-order valence-electron chi connectivity index (χ4n) is 4.97. The molecule has 0 aliphatic carbocycles. The highest BCUT2D eigenvalue weighted by Gasteiger charge is 2.36. The Bertz CT molecular complexity index is 859. The van der Waals surface area contributed by atoms with Crippen LogP contribution in [0.5, 0.6) is 0 Å². The van der Waals surface area contributed by atoms with Gasteiger partial charge in [-0.1, -0.05) is 6.07 Å². The molecule has 2 fully saturated rings. The molecular formula is C24H30F2N4O. The first-order valence-corrected chi connectivity index (χ1v) is 11.1. The summed E-state index contributed by atoms with van der Waals surface area (Å²) in [5, 5.41) is 6.46. The number of benzene rings is 1. The van der Waals surface area contributed by atoms with Crippen LogP contribution in [0.3, 0.4) is 0 Å². The topological polar surface area (TPSA) is 57.3 Å². The summed E-state index contributed by atoms with van der Waals surface area (Å²) in [6, 6.07) is 7.86. The zero-order valence-electron chi connectivity index (χ0n) is 17.7. The number of nitrogens with zero attached hydrogens (tertiary/aromatic N) is 2. The van der Waals surface area contributed by atoms with Crippen LogP contribution in [-0.4, -0.2) is 41.5 Å². The van der Waals surface area contributed by atoms with E-state index in [1.54, 1.807) is 6.20 Å². The van der Waals surface area contributed by atoms with E-state index in [9.17, 15) is 13.6 Å². The van der Waals surface area contributed by atoms with E-state index in [4.69, 9.17) is 0 Å². The van der Waals surface area contributed by atoms with Crippen LogP contribution < -0.4 is 10.6 Å². The first kappa shape index (κ1) is 21.8. The maximum Gasteiger partial charge on any atom is 0.220 e. The van der Waals surface area contributed by atoms with E-state index in [1.165, 1.54) is 24.1 Å². The molecule has 5 nitrogen and oxygen atoms in total. The predicted molar refractivity (Wildman–Crippen MR) is 115 cm³/mol. The van der Waals surface area contributed by atoms with Gasteiger partial charge in [0.1, 0.15) is 11.6 Å². The van der Waals surface area contributed by atoms with E-state index in [2.05, 4.69) is 26.6 Å². The monoisotopic (exact) mass is 428 g/mol. The molecule has 3 heterocycles. The predicted octanol–water partition coefficient (Wildman–Crippen LogP) is 3.26. The van der Waals surface area contributed by atoms with Crippen LogP contribution in [-0.2, 0) is 17.9 Å². The second-order valence-electron chi connectivity index (χ2n) is 8.88. The lowest BCUT2D eigenvalue weighted by Gasteiger charge is -2.46. The van der Waals surface area contributed by atoms with Crippen molar-refractivity contribution >= 4 is 5.91 Å². The molecule has 31 heavy (non-hydrogen) atoms. The van der Waals surface area contributed by atoms with Crippen LogP contribution in [0.15, 0.2) is 42.7 Å². The van der Waals surface area contributed by atoms with Crippen LogP contribution in [0, 0.1) is 23.5 Å². The standard InChI is InChI=1S/C24H30F2N4O/c25-21-8-18(9-22(26)10-21)12-29-24(31)5-1-4-23-20-7-19(13-28-23)15-30(16-20)14-17-3-2-6-27-11-17/h2-3,6,8-11,19-20,23,28H,1,4-5,7,12-16H2,(H,29,31)/t19-,20+,23+/m0/s1. The van der Waals surface area contributed by atoms with Crippen molar-refractivity contribution in [3.05, 3.63) is 65.5 Å². The molecule has 3 atom stereocenters. The molecule has 1 aromatic heterocycles. The lowest BCUT2D eigenvalue weighted by molar-refractivity contribution is -0.121. The van der Waals surface area contributed by atoms with Crippen LogP contribution >= 0.6 is 0 Å². The highest BCUT2D eigenvalue weighted by Crippen LogP contribution is 2.31. The van der Waals surface area contributed by atoms with Crippen molar-refractivity contribution in [1.82, 2.24) is 20.5 Å². The SMILES string of the molecule is O=C(CCC[C@H]1NC[C@@H]2C[C@@H]1CN(Cc1cccnc1)C2)NCc1cc(F)cc(F)c1. The van der Waals surface area contributed by atoms with Gasteiger partial charge in [0.2, 0.25) is 5.91 Å². The number of hydrogen-bond acceptors (Lipinski definition) is 4. The molecule has 2 saturated heterocycles. The summed E-state index contributed by atoms with van der Waals surface area (Å²) in [5.41, 5.74) is 1.68. The van der Waals surface area contributed by atoms with Crippen molar-refractivity contribution in [2.45, 2.75) is 44.8 Å². The number of pyridine rings is 1. The van der Waals surface area contributed by atoms with Gasteiger partial charge in [-0.2, -0.15) is 0 Å². The number of likely N-dealkylation sites (tertiary alicyclic amines) is 1. The summed E-state index contributed by atoms with van der Waals surface area (Å²) >= 11 is 0. The van der Waals surface area contributed by atoms with Gasteiger partial charge in [-0.3, -0.25) is 14.7 Å². The number of fused-ring (bicyclic) bond motifs is 2. The van der Waals surface area contributed by atoms with Gasteiger partial charge < -0.3 is 10.6 Å². The summed E-state index contributed by atoms with van der Waals surface area (Å²) < 4.78 is 26.5. The largest absolute Gasteiger partial charge is 0.352 e. The first-order chi connectivity index (χ1) is 15.0. The van der Waals surface area contributed by atoms with E-state index in [1.807, 2.05) is 12.3 Å². The van der Waals surface area contributed by atoms with Crippen LogP contribution in [0.25, 0.3) is 0 Å². The molecule has 0 saturated carbocycles. The number of rotatable bonds is 8. The average Bonchev–Trinajstić information content (AvgIpc) is 2.74. The summed E-state index contributed by atoms with van der Waals surface area (Å²) in [5.74, 6) is -0.0590. The highest BCUT2D eigenvalue weighted by atomic mass is 19.1. The zero-order valence-corrected chi connectivity index (χ0v) is 17.7. The molecule has 7 heteroatoms. The number of hydrogen-bond donors (Lipinski definition) is 2. The molecule has 2 aliphatic heterocycles. The van der Waals surface area contributed by atoms with Crippen molar-refractivity contribution in [2.24, 2.45) is 11.8 Å². The number of aromatic nitrogens is 1. The van der Waals surface area contributed by atoms with Gasteiger partial charge in [-0.05, 0) is 67.0 Å². The molecule has 2 aliphatic rings. The first-order valence-electron chi connectivity index (χ1n) is 11.1. The smallest absolute Gasteiger partial charge is 0.220 e. The number of carbonyl (C=O) groups is 1. The van der Waals surface area contributed by atoms with Crippen LogP contribution in [0.4, 0.5) is 8.78 Å². The third-order valence-electron chi connectivity index (χ3n) is 6.34. The van der Waals surface area contributed by atoms with Gasteiger partial charge in [0.25, 0.3) is 0 Å². The molecule has 2 aromatic rings. The Hall–Kier alpha value is -2.38. The molecule has 0 unspecified atom stereocenters. The molecule has 0 radical (unpaired) electrons. The Labute approximate surface area is 182 Å². The van der Waals surface area contributed by atoms with Crippen molar-refractivity contribution < 1.29 is 13.6 Å². The molecule has 4 rings (SSSR count). The number of halogens is 2. The van der Waals surface area contributed by atoms with Gasteiger partial charge in [0, 0.05) is 57.1 Å². The summed E-state index contributed by atoms with van der Waals surface area (Å²) in [6.45, 7) is 4.30. The molecule has 2 N–H and O–H groups in total. The minimum Gasteiger partial charge on any atom is -0.352 e. The molecule has 166 valence electrons. The Kier molecular flexibility index (Phi) is 7.25. The summed E-state index contributed by atoms with van der Waals surface area (Å²) in [7, 11) is 0. The van der Waals surface area contributed by atoms with Crippen molar-refractivity contribution in [1.29, 1.82) is 0 Å². The number of nitrogens with one attached hydrogen (secondary N) is 2. The highest BCUT2D eigenvalue weighted by molar-refractivity contribution is 5.75. The third-order valence-corrected chi connectivity index (χ3v) is 6.34. The Morgan fingerprint density at radius 2 is 2.03 bits per heavy atom. The van der Waals surface area contributed by atoms with Crippen molar-refractivity contribution in [3.63, 3.8) is 0 Å². The van der Waals surface area contributed by atoms with Crippen LogP contribution in [0.1, 0.15) is 36.8 Å². The third kappa shape index (κ3) is 6.31. The van der Waals surface area contributed by atoms with Gasteiger partial charge in [0.15, 0.2) is 0 Å². The van der Waals surface area contributed by atoms with Gasteiger partial charge in [0.05, 0.1) is 0 Å². The van der Waals surface area contributed by atoms with Crippen LogP contribution in [0.2, 0.25) is 0 Å². The summed E-state index contributed by atoms with van der Waals surface area (Å²) in [6.07, 6.45) is 7.17. The molecule has 2 bridgehead atoms. The average molecular weight is 429 g/mol. The fourth-order valence-corrected chi connectivity index (χ4v) is 4.97. The van der Waals surface area contributed by atoms with E-state index in [0.717, 1.165) is 45.1 Å². The van der Waals surface area contributed by atoms with Gasteiger partial charge in [-0.25, -0.2) is 8.78 Å². The van der Waals surface area contributed by atoms with E-state index in [-0.39, 0.29) is 12.5 Å². The van der Waals surface area contributed by atoms with E-state index in [0.29, 0.717) is 29.9 Å². The van der Waals surface area contributed by atoms with Gasteiger partial charge in [-0.15, -0.1) is 0 Å². The maximum atomic E-state index is 13.2. The minimum absolute atomic E-state index is 0.0831. The van der Waals surface area contributed by atoms with Crippen molar-refractivity contribution in [2.75, 3.05) is 19.6 Å². The van der Waals surface area contributed by atoms with E-state index < -0.39 is 11.6 Å². The second-order valence-corrected chi connectivity index (χ2v) is 8.88. The Morgan fingerprint density at radius 3 is 2.81 bits per heavy atom. The number of amides is 1. The normalized spacial score (nSPS) is 23.5. The molecule has 1 aromatic carbocycles. The van der Waals surface area contributed by atoms with Gasteiger partial charge >= 0.3 is 0 Å². The second kappa shape index (κ2) is 10.3. The number of piperidine rings is 2. The maximum absolute atomic E-state index is 13.2. The Balaban J connectivity index is 1.20. The molecule has 1 amide bonds. The Morgan fingerprint density at radius 1 is 1.19 bits per heavy atom.